The molecule has 1 saturated heterocycles. The van der Waals surface area contributed by atoms with Gasteiger partial charge in [0.2, 0.25) is 0 Å². The third kappa shape index (κ3) is 4.66. The van der Waals surface area contributed by atoms with Crippen LogP contribution in [0, 0.1) is 0 Å². The summed E-state index contributed by atoms with van der Waals surface area (Å²) >= 11 is 3.32. The van der Waals surface area contributed by atoms with Gasteiger partial charge in [0.1, 0.15) is 0 Å². The number of nitrogens with zero attached hydrogens (tertiary/aromatic N) is 2. The molecule has 0 bridgehead atoms. The van der Waals surface area contributed by atoms with E-state index in [1.165, 1.54) is 29.1 Å². The first-order chi connectivity index (χ1) is 14.7. The second-order valence-electron chi connectivity index (χ2n) is 7.31. The minimum Gasteiger partial charge on any atom is -0.389 e. The topological polar surface area (TPSA) is 72.8 Å². The minimum atomic E-state index is -0.337. The van der Waals surface area contributed by atoms with E-state index in [9.17, 15) is 4.79 Å². The van der Waals surface area contributed by atoms with Crippen LogP contribution >= 0.6 is 23.1 Å². The number of oxime groups is 1. The van der Waals surface area contributed by atoms with Gasteiger partial charge in [0.25, 0.3) is 5.91 Å². The number of hydrogen-bond donors (Lipinski definition) is 1. The van der Waals surface area contributed by atoms with Crippen molar-refractivity contribution in [1.29, 1.82) is 0 Å². The molecule has 0 spiro atoms. The van der Waals surface area contributed by atoms with Crippen LogP contribution in [0.25, 0.3) is 10.2 Å². The quantitative estimate of drug-likeness (QED) is 0.427. The van der Waals surface area contributed by atoms with Crippen molar-refractivity contribution in [3.63, 3.8) is 0 Å². The van der Waals surface area contributed by atoms with E-state index >= 15 is 0 Å². The molecule has 154 valence electrons. The molecule has 2 fully saturated rings. The van der Waals surface area contributed by atoms with Crippen molar-refractivity contribution < 1.29 is 14.4 Å². The number of para-hydroxylation sites is 1. The average Bonchev–Trinajstić information content (AvgIpc) is 3.24. The van der Waals surface area contributed by atoms with Crippen LogP contribution in [0.2, 0.25) is 0 Å². The highest BCUT2D eigenvalue weighted by molar-refractivity contribution is 8.00. The number of amides is 1. The predicted octanol–water partition coefficient (Wildman–Crippen LogP) is 4.70. The van der Waals surface area contributed by atoms with Gasteiger partial charge in [-0.25, -0.2) is 4.98 Å². The van der Waals surface area contributed by atoms with Crippen LogP contribution in [0.3, 0.4) is 0 Å². The Morgan fingerprint density at radius 1 is 1.17 bits per heavy atom. The van der Waals surface area contributed by atoms with E-state index in [1.54, 1.807) is 0 Å². The van der Waals surface area contributed by atoms with Gasteiger partial charge in [-0.15, -0.1) is 11.8 Å². The Morgan fingerprint density at radius 2 is 2.00 bits per heavy atom. The first kappa shape index (κ1) is 19.5. The summed E-state index contributed by atoms with van der Waals surface area (Å²) in [6.45, 7) is 1.15. The first-order valence-corrected chi connectivity index (χ1v) is 11.7. The van der Waals surface area contributed by atoms with Crippen molar-refractivity contribution in [3.05, 3.63) is 54.1 Å². The number of thioether (sulfide) groups is 1. The van der Waals surface area contributed by atoms with Gasteiger partial charge in [-0.3, -0.25) is 10.1 Å². The second-order valence-corrected chi connectivity index (χ2v) is 9.72. The van der Waals surface area contributed by atoms with Crippen LogP contribution in [0.4, 0.5) is 5.13 Å². The van der Waals surface area contributed by atoms with Gasteiger partial charge < -0.3 is 9.57 Å². The van der Waals surface area contributed by atoms with Gasteiger partial charge in [-0.05, 0) is 37.1 Å². The lowest BCUT2D eigenvalue weighted by molar-refractivity contribution is -0.110. The molecule has 1 atom stereocenters. The fourth-order valence-corrected chi connectivity index (χ4v) is 5.01. The zero-order valence-electron chi connectivity index (χ0n) is 16.2. The molecule has 8 heteroatoms. The molecule has 1 aromatic heterocycles. The molecule has 1 aliphatic heterocycles. The number of ether oxygens (including phenoxy) is 1. The number of carbonyl (C=O) groups is 1. The Hall–Kier alpha value is -2.42. The summed E-state index contributed by atoms with van der Waals surface area (Å²) in [7, 11) is 0. The number of nitrogens with one attached hydrogen (secondary N) is 1. The molecule has 30 heavy (non-hydrogen) atoms. The largest absolute Gasteiger partial charge is 0.389 e. The third-order valence-corrected chi connectivity index (χ3v) is 7.17. The van der Waals surface area contributed by atoms with Crippen molar-refractivity contribution >= 4 is 50.1 Å². The fourth-order valence-electron chi connectivity index (χ4n) is 3.10. The Morgan fingerprint density at radius 3 is 2.73 bits per heavy atom. The summed E-state index contributed by atoms with van der Waals surface area (Å²) < 4.78 is 6.36. The summed E-state index contributed by atoms with van der Waals surface area (Å²) in [6.07, 6.45) is 3.20. The lowest BCUT2D eigenvalue weighted by Crippen LogP contribution is -2.25. The number of thiazole rings is 1. The number of anilines is 1. The van der Waals surface area contributed by atoms with E-state index in [4.69, 9.17) is 9.57 Å². The summed E-state index contributed by atoms with van der Waals surface area (Å²) in [6, 6.07) is 15.7. The van der Waals surface area contributed by atoms with E-state index < -0.39 is 0 Å². The summed E-state index contributed by atoms with van der Waals surface area (Å²) in [5.41, 5.74) is 1.81. The molecular weight excluding hydrogens is 418 g/mol. The average molecular weight is 440 g/mol. The lowest BCUT2D eigenvalue weighted by atomic mass is 10.1. The standard InChI is InChI=1S/C22H21N3O3S2/c26-21(24-22-23-18-3-1-2-4-19(18)30-22)20(25-28-15-11-12-27-13-15)14-5-7-16(8-6-14)29-17-9-10-17/h1-8,15,17H,9-13H2,(H,23,24,26)/b25-20+/t15-/m1/s1. The maximum Gasteiger partial charge on any atom is 0.280 e. The number of aromatic nitrogens is 1. The van der Waals surface area contributed by atoms with Gasteiger partial charge in [-0.2, -0.15) is 0 Å². The highest BCUT2D eigenvalue weighted by Gasteiger charge is 2.24. The highest BCUT2D eigenvalue weighted by atomic mass is 32.2. The van der Waals surface area contributed by atoms with Crippen LogP contribution < -0.4 is 5.32 Å². The summed E-state index contributed by atoms with van der Waals surface area (Å²) in [5.74, 6) is -0.337. The molecule has 1 saturated carbocycles. The molecule has 2 aromatic carbocycles. The van der Waals surface area contributed by atoms with Gasteiger partial charge in [-0.1, -0.05) is 40.8 Å². The van der Waals surface area contributed by atoms with Gasteiger partial charge in [0, 0.05) is 22.1 Å². The van der Waals surface area contributed by atoms with Crippen LogP contribution in [0.15, 0.2) is 58.6 Å². The maximum absolute atomic E-state index is 13.1. The molecule has 5 rings (SSSR count). The Kier molecular flexibility index (Phi) is 5.70. The number of rotatable bonds is 7. The van der Waals surface area contributed by atoms with Gasteiger partial charge in [0.05, 0.1) is 23.4 Å². The number of fused-ring (bicyclic) bond motifs is 1. The van der Waals surface area contributed by atoms with Crippen molar-refractivity contribution in [3.8, 4) is 0 Å². The lowest BCUT2D eigenvalue weighted by Gasteiger charge is -2.10. The number of carbonyl (C=O) groups excluding carboxylic acids is 1. The van der Waals surface area contributed by atoms with E-state index in [1.807, 2.05) is 60.3 Å². The highest BCUT2D eigenvalue weighted by Crippen LogP contribution is 2.39. The number of hydrogen-bond acceptors (Lipinski definition) is 7. The van der Waals surface area contributed by atoms with Crippen molar-refractivity contribution in [2.45, 2.75) is 35.5 Å². The van der Waals surface area contributed by atoms with Crippen molar-refractivity contribution in [1.82, 2.24) is 4.98 Å². The molecule has 3 aromatic rings. The molecule has 1 N–H and O–H groups in total. The van der Waals surface area contributed by atoms with Crippen LogP contribution in [-0.2, 0) is 14.4 Å². The zero-order valence-corrected chi connectivity index (χ0v) is 17.9. The van der Waals surface area contributed by atoms with E-state index in [2.05, 4.69) is 15.5 Å². The van der Waals surface area contributed by atoms with E-state index in [-0.39, 0.29) is 17.7 Å². The van der Waals surface area contributed by atoms with Gasteiger partial charge in [0.15, 0.2) is 16.9 Å². The minimum absolute atomic E-state index is 0.125. The van der Waals surface area contributed by atoms with E-state index in [0.717, 1.165) is 21.9 Å². The smallest absolute Gasteiger partial charge is 0.280 e. The Balaban J connectivity index is 1.37. The monoisotopic (exact) mass is 439 g/mol. The molecule has 2 aliphatic rings. The van der Waals surface area contributed by atoms with Gasteiger partial charge >= 0.3 is 0 Å². The first-order valence-electron chi connectivity index (χ1n) is 10.0. The third-order valence-electron chi connectivity index (χ3n) is 4.87. The SMILES string of the molecule is O=C(Nc1nc2ccccc2s1)/C(=N/O[C@@H]1CCOC1)c1ccc(SC2CC2)cc1. The Bertz CT molecular complexity index is 1040. The van der Waals surface area contributed by atoms with Crippen molar-refractivity contribution in [2.24, 2.45) is 5.16 Å². The van der Waals surface area contributed by atoms with Crippen LogP contribution in [0.5, 0.6) is 0 Å². The molecule has 2 heterocycles. The summed E-state index contributed by atoms with van der Waals surface area (Å²) in [5, 5.41) is 8.38. The molecule has 0 radical (unpaired) electrons. The summed E-state index contributed by atoms with van der Waals surface area (Å²) in [4.78, 5) is 24.4. The van der Waals surface area contributed by atoms with E-state index in [0.29, 0.717) is 23.9 Å². The fraction of sp³-hybridized carbons (Fsp3) is 0.318. The molecule has 1 aliphatic carbocycles. The Labute approximate surface area is 182 Å². The molecule has 0 unspecified atom stereocenters. The van der Waals surface area contributed by atoms with Crippen LogP contribution in [-0.4, -0.2) is 41.2 Å². The predicted molar refractivity (Wildman–Crippen MR) is 120 cm³/mol. The normalized spacial score (nSPS) is 19.2. The number of benzene rings is 2. The molecule has 1 amide bonds. The van der Waals surface area contributed by atoms with Crippen LogP contribution in [0.1, 0.15) is 24.8 Å². The zero-order chi connectivity index (χ0) is 20.3. The second kappa shape index (κ2) is 8.75. The molecule has 6 nitrogen and oxygen atoms in total. The maximum atomic E-state index is 13.1. The molecular formula is C22H21N3O3S2. The van der Waals surface area contributed by atoms with Crippen molar-refractivity contribution in [2.75, 3.05) is 18.5 Å².